The van der Waals surface area contributed by atoms with Gasteiger partial charge in [-0.25, -0.2) is 29.9 Å². The number of nitrogens with zero attached hydrogens (tertiary/aromatic N) is 8. The zero-order chi connectivity index (χ0) is 21.4. The lowest BCUT2D eigenvalue weighted by Crippen LogP contribution is -2.32. The van der Waals surface area contributed by atoms with Crippen molar-refractivity contribution in [3.63, 3.8) is 0 Å². The summed E-state index contributed by atoms with van der Waals surface area (Å²) in [4.78, 5) is 40.5. The molecule has 4 aromatic rings. The monoisotopic (exact) mass is 419 g/mol. The molecule has 11 heteroatoms. The normalized spacial score (nSPS) is 16.2. The summed E-state index contributed by atoms with van der Waals surface area (Å²) in [7, 11) is 0. The maximum absolute atomic E-state index is 12.5. The van der Waals surface area contributed by atoms with Crippen molar-refractivity contribution in [2.24, 2.45) is 0 Å². The van der Waals surface area contributed by atoms with E-state index in [9.17, 15) is 4.79 Å². The fourth-order valence-electron chi connectivity index (χ4n) is 3.81. The topological polar surface area (TPSA) is 128 Å². The van der Waals surface area contributed by atoms with Crippen LogP contribution in [0, 0.1) is 6.92 Å². The zero-order valence-corrected chi connectivity index (χ0v) is 17.2. The molecule has 31 heavy (non-hydrogen) atoms. The number of carbonyl (C=O) groups is 1. The Morgan fingerprint density at radius 1 is 1.23 bits per heavy atom. The van der Waals surface area contributed by atoms with E-state index < -0.39 is 0 Å². The molecule has 1 unspecified atom stereocenters. The molecule has 1 amide bonds. The number of aryl methyl sites for hydroxylation is 2. The van der Waals surface area contributed by atoms with Crippen molar-refractivity contribution >= 4 is 22.9 Å². The van der Waals surface area contributed by atoms with Crippen LogP contribution in [-0.4, -0.2) is 64.4 Å². The molecular weight excluding hydrogens is 398 g/mol. The van der Waals surface area contributed by atoms with E-state index in [1.54, 1.807) is 17.3 Å². The average molecular weight is 419 g/mol. The maximum Gasteiger partial charge on any atom is 0.275 e. The Balaban J connectivity index is 1.42. The second-order valence-electron chi connectivity index (χ2n) is 7.35. The smallest absolute Gasteiger partial charge is 0.275 e. The summed E-state index contributed by atoms with van der Waals surface area (Å²) in [5, 5.41) is 3.44. The van der Waals surface area contributed by atoms with E-state index in [2.05, 4.69) is 30.2 Å². The van der Waals surface area contributed by atoms with Gasteiger partial charge in [-0.3, -0.25) is 4.79 Å². The van der Waals surface area contributed by atoms with Crippen LogP contribution in [0.1, 0.15) is 29.7 Å². The van der Waals surface area contributed by atoms with Crippen molar-refractivity contribution in [2.75, 3.05) is 18.4 Å². The molecule has 158 valence electrons. The lowest BCUT2D eigenvalue weighted by molar-refractivity contribution is 0.0786. The van der Waals surface area contributed by atoms with Crippen LogP contribution < -0.4 is 5.32 Å². The number of amides is 1. The number of nitrogens with one attached hydrogen (secondary N) is 1. The quantitative estimate of drug-likeness (QED) is 0.516. The van der Waals surface area contributed by atoms with Crippen molar-refractivity contribution in [3.05, 3.63) is 42.9 Å². The predicted octanol–water partition coefficient (Wildman–Crippen LogP) is 1.93. The Morgan fingerprint density at radius 3 is 2.81 bits per heavy atom. The first-order valence-electron chi connectivity index (χ1n) is 10.1. The zero-order valence-electron chi connectivity index (χ0n) is 17.2. The molecule has 1 atom stereocenters. The minimum absolute atomic E-state index is 0.0480. The second kappa shape index (κ2) is 7.74. The number of carbonyl (C=O) groups excluding carboxylic acids is 1. The first-order chi connectivity index (χ1) is 15.1. The average Bonchev–Trinajstić information content (AvgIpc) is 3.54. The summed E-state index contributed by atoms with van der Waals surface area (Å²) >= 11 is 0. The molecule has 5 heterocycles. The molecule has 1 N–H and O–H groups in total. The Hall–Kier alpha value is -3.89. The third kappa shape index (κ3) is 3.47. The van der Waals surface area contributed by atoms with Gasteiger partial charge in [0.05, 0.1) is 5.56 Å². The number of hydrogen-bond donors (Lipinski definition) is 1. The van der Waals surface area contributed by atoms with Gasteiger partial charge in [0.15, 0.2) is 29.1 Å². The van der Waals surface area contributed by atoms with Gasteiger partial charge in [-0.05, 0) is 20.3 Å². The van der Waals surface area contributed by atoms with Gasteiger partial charge in [-0.1, -0.05) is 0 Å². The third-order valence-electron chi connectivity index (χ3n) is 5.36. The van der Waals surface area contributed by atoms with E-state index in [1.807, 2.05) is 18.4 Å². The van der Waals surface area contributed by atoms with Crippen LogP contribution in [-0.2, 0) is 6.54 Å². The standard InChI is InChI=1S/C20H21N9O2/c1-3-29-18(13-6-21-12(2)22-7-13)27-16-17(23-10-24-19(16)29)26-14-4-5-28(8-14)20(30)15-9-31-11-25-15/h6-7,9-11,14H,3-5,8H2,1-2H3,(H,23,24,26). The van der Waals surface area contributed by atoms with Gasteiger partial charge in [0.1, 0.15) is 24.2 Å². The van der Waals surface area contributed by atoms with Gasteiger partial charge in [-0.2, -0.15) is 0 Å². The van der Waals surface area contributed by atoms with Crippen LogP contribution >= 0.6 is 0 Å². The second-order valence-corrected chi connectivity index (χ2v) is 7.35. The number of aromatic nitrogens is 7. The van der Waals surface area contributed by atoms with Gasteiger partial charge in [0.2, 0.25) is 0 Å². The van der Waals surface area contributed by atoms with Crippen LogP contribution in [0.3, 0.4) is 0 Å². The van der Waals surface area contributed by atoms with Crippen molar-refractivity contribution < 1.29 is 9.21 Å². The molecule has 0 aliphatic carbocycles. The Morgan fingerprint density at radius 2 is 2.06 bits per heavy atom. The molecule has 1 saturated heterocycles. The number of hydrogen-bond acceptors (Lipinski definition) is 9. The van der Waals surface area contributed by atoms with Crippen LogP contribution in [0.15, 0.2) is 35.8 Å². The van der Waals surface area contributed by atoms with Gasteiger partial charge in [0.25, 0.3) is 5.91 Å². The first kappa shape index (κ1) is 19.1. The summed E-state index contributed by atoms with van der Waals surface area (Å²) in [6.07, 6.45) is 8.48. The summed E-state index contributed by atoms with van der Waals surface area (Å²) < 4.78 is 6.94. The largest absolute Gasteiger partial charge is 0.451 e. The highest BCUT2D eigenvalue weighted by molar-refractivity contribution is 5.92. The number of anilines is 1. The highest BCUT2D eigenvalue weighted by atomic mass is 16.3. The molecule has 0 radical (unpaired) electrons. The molecule has 11 nitrogen and oxygen atoms in total. The van der Waals surface area contributed by atoms with Crippen LogP contribution in [0.2, 0.25) is 0 Å². The van der Waals surface area contributed by atoms with Gasteiger partial charge in [-0.15, -0.1) is 0 Å². The molecule has 0 spiro atoms. The lowest BCUT2D eigenvalue weighted by atomic mass is 10.2. The van der Waals surface area contributed by atoms with Crippen LogP contribution in [0.25, 0.3) is 22.6 Å². The van der Waals surface area contributed by atoms with Crippen molar-refractivity contribution in [1.29, 1.82) is 0 Å². The minimum Gasteiger partial charge on any atom is -0.451 e. The van der Waals surface area contributed by atoms with Crippen molar-refractivity contribution in [1.82, 2.24) is 39.4 Å². The molecular formula is C20H21N9O2. The third-order valence-corrected chi connectivity index (χ3v) is 5.36. The van der Waals surface area contributed by atoms with Gasteiger partial charge < -0.3 is 19.2 Å². The number of oxazole rings is 1. The summed E-state index contributed by atoms with van der Waals surface area (Å²) in [5.41, 5.74) is 2.56. The number of likely N-dealkylation sites (tertiary alicyclic amines) is 1. The van der Waals surface area contributed by atoms with E-state index in [0.717, 1.165) is 23.5 Å². The Kier molecular flexibility index (Phi) is 4.77. The molecule has 0 bridgehead atoms. The molecule has 1 aliphatic rings. The maximum atomic E-state index is 12.5. The summed E-state index contributed by atoms with van der Waals surface area (Å²) in [6, 6.07) is 0.0480. The molecule has 1 fully saturated rings. The van der Waals surface area contributed by atoms with Crippen molar-refractivity contribution in [2.45, 2.75) is 32.9 Å². The minimum atomic E-state index is -0.136. The molecule has 5 rings (SSSR count). The van der Waals surface area contributed by atoms with E-state index in [0.29, 0.717) is 42.5 Å². The summed E-state index contributed by atoms with van der Waals surface area (Å²) in [6.45, 7) is 5.76. The molecule has 0 saturated carbocycles. The predicted molar refractivity (Wildman–Crippen MR) is 111 cm³/mol. The SMILES string of the molecule is CCn1c(-c2cnc(C)nc2)nc2c(NC3CCN(C(=O)c4cocn4)C3)ncnc21. The van der Waals surface area contributed by atoms with Gasteiger partial charge >= 0.3 is 0 Å². The highest BCUT2D eigenvalue weighted by Crippen LogP contribution is 2.27. The fraction of sp³-hybridized carbons (Fsp3) is 0.350. The first-order valence-corrected chi connectivity index (χ1v) is 10.1. The Bertz CT molecular complexity index is 1220. The van der Waals surface area contributed by atoms with Crippen molar-refractivity contribution in [3.8, 4) is 11.4 Å². The number of rotatable bonds is 5. The Labute approximate surface area is 177 Å². The fourth-order valence-corrected chi connectivity index (χ4v) is 3.81. The van der Waals surface area contributed by atoms with E-state index >= 15 is 0 Å². The van der Waals surface area contributed by atoms with Gasteiger partial charge in [0, 0.05) is 38.1 Å². The van der Waals surface area contributed by atoms with Crippen LogP contribution in [0.4, 0.5) is 5.82 Å². The van der Waals surface area contributed by atoms with E-state index in [4.69, 9.17) is 9.40 Å². The molecule has 4 aromatic heterocycles. The van der Waals surface area contributed by atoms with E-state index in [-0.39, 0.29) is 11.9 Å². The molecule has 1 aliphatic heterocycles. The summed E-state index contributed by atoms with van der Waals surface area (Å²) in [5.74, 6) is 1.96. The lowest BCUT2D eigenvalue weighted by Gasteiger charge is -2.16. The number of imidazole rings is 1. The number of fused-ring (bicyclic) bond motifs is 1. The van der Waals surface area contributed by atoms with Crippen LogP contribution in [0.5, 0.6) is 0 Å². The molecule has 0 aromatic carbocycles. The van der Waals surface area contributed by atoms with E-state index in [1.165, 1.54) is 19.0 Å². The highest BCUT2D eigenvalue weighted by Gasteiger charge is 2.29.